The van der Waals surface area contributed by atoms with Gasteiger partial charge in [-0.3, -0.25) is 0 Å². The highest BCUT2D eigenvalue weighted by molar-refractivity contribution is 5.95. The molecule has 39 heavy (non-hydrogen) atoms. The number of aromatic nitrogens is 1. The Balaban J connectivity index is 1.66. The van der Waals surface area contributed by atoms with Crippen LogP contribution in [0.15, 0.2) is 48.7 Å². The fraction of sp³-hybridized carbons (Fsp3) is 0.300. The summed E-state index contributed by atoms with van der Waals surface area (Å²) in [5, 5.41) is 1.62. The molecule has 204 valence electrons. The van der Waals surface area contributed by atoms with E-state index in [0.29, 0.717) is 42.0 Å². The highest BCUT2D eigenvalue weighted by Gasteiger charge is 2.35. The fourth-order valence-electron chi connectivity index (χ4n) is 5.33. The lowest BCUT2D eigenvalue weighted by Crippen LogP contribution is -2.41. The van der Waals surface area contributed by atoms with E-state index in [1.807, 2.05) is 24.4 Å². The summed E-state index contributed by atoms with van der Waals surface area (Å²) < 4.78 is 79.2. The minimum Gasteiger partial charge on any atom is -0.493 e. The summed E-state index contributed by atoms with van der Waals surface area (Å²) in [6.07, 6.45) is -1.31. The van der Waals surface area contributed by atoms with E-state index in [9.17, 15) is 17.6 Å². The Morgan fingerprint density at radius 2 is 1.59 bits per heavy atom. The van der Waals surface area contributed by atoms with Gasteiger partial charge < -0.3 is 18.9 Å². The number of nitrogens with zero attached hydrogens (tertiary/aromatic N) is 1. The smallest absolute Gasteiger partial charge is 0.416 e. The summed E-state index contributed by atoms with van der Waals surface area (Å²) in [5.41, 5.74) is 3.05. The van der Waals surface area contributed by atoms with E-state index in [0.717, 1.165) is 51.7 Å². The van der Waals surface area contributed by atoms with Gasteiger partial charge in [-0.1, -0.05) is 13.0 Å². The number of alkyl halides is 3. The van der Waals surface area contributed by atoms with Crippen LogP contribution in [0.1, 0.15) is 29.2 Å². The molecule has 0 radical (unpaired) electrons. The van der Waals surface area contributed by atoms with Gasteiger partial charge in [-0.2, -0.15) is 17.7 Å². The molecule has 1 aromatic heterocycles. The van der Waals surface area contributed by atoms with Gasteiger partial charge >= 0.3 is 6.18 Å². The largest absolute Gasteiger partial charge is 0.493 e. The predicted octanol–water partition coefficient (Wildman–Crippen LogP) is 6.68. The van der Waals surface area contributed by atoms with Crippen molar-refractivity contribution >= 4 is 10.8 Å². The molecule has 1 aliphatic rings. The van der Waals surface area contributed by atoms with Crippen LogP contribution >= 0.6 is 0 Å². The average Bonchev–Trinajstić information content (AvgIpc) is 2.93. The van der Waals surface area contributed by atoms with Crippen molar-refractivity contribution in [3.05, 3.63) is 76.7 Å². The number of aryl methyl sites for hydroxylation is 3. The molecular weight excluding hydrogens is 514 g/mol. The van der Waals surface area contributed by atoms with Crippen molar-refractivity contribution in [1.82, 2.24) is 0 Å². The number of pyridine rings is 1. The molecule has 0 N–H and O–H groups in total. The lowest BCUT2D eigenvalue weighted by Gasteiger charge is -2.22. The molecule has 1 aliphatic heterocycles. The molecular formula is C30H28F4NO4+. The molecule has 0 bridgehead atoms. The van der Waals surface area contributed by atoms with E-state index < -0.39 is 24.2 Å². The van der Waals surface area contributed by atoms with E-state index in [-0.39, 0.29) is 5.56 Å². The summed E-state index contributed by atoms with van der Waals surface area (Å²) in [6.45, 7) is 2.34. The van der Waals surface area contributed by atoms with Crippen LogP contribution in [-0.2, 0) is 32.2 Å². The molecule has 4 aromatic rings. The number of fused-ring (bicyclic) bond motifs is 4. The monoisotopic (exact) mass is 542 g/mol. The number of hydrogen-bond acceptors (Lipinski definition) is 4. The first-order chi connectivity index (χ1) is 18.7. The standard InChI is InChI=1S/C30H28F4NO4/c1-5-20-21-8-9-25(36-2)29(39-16-18-6-7-19(31)13-24(18)30(32,33)34)23(21)15-35-11-10-17-12-26(37-3)27(38-4)14-22(17)28(20)35/h6-9,12-15H,5,10-11,16H2,1-4H3/q+1. The molecule has 5 nitrogen and oxygen atoms in total. The summed E-state index contributed by atoms with van der Waals surface area (Å²) in [4.78, 5) is 0. The third kappa shape index (κ3) is 4.70. The summed E-state index contributed by atoms with van der Waals surface area (Å²) >= 11 is 0. The van der Waals surface area contributed by atoms with Gasteiger partial charge in [-0.15, -0.1) is 0 Å². The first kappa shape index (κ1) is 26.6. The van der Waals surface area contributed by atoms with Crippen LogP contribution in [0, 0.1) is 5.82 Å². The van der Waals surface area contributed by atoms with Gasteiger partial charge in [0.15, 0.2) is 35.7 Å². The van der Waals surface area contributed by atoms with Crippen molar-refractivity contribution in [2.75, 3.05) is 21.3 Å². The summed E-state index contributed by atoms with van der Waals surface area (Å²) in [5.74, 6) is 1.06. The molecule has 0 unspecified atom stereocenters. The summed E-state index contributed by atoms with van der Waals surface area (Å²) in [7, 11) is 4.69. The van der Waals surface area contributed by atoms with Crippen molar-refractivity contribution in [3.63, 3.8) is 0 Å². The van der Waals surface area contributed by atoms with Crippen LogP contribution in [0.5, 0.6) is 23.0 Å². The molecule has 5 rings (SSSR count). The fourth-order valence-corrected chi connectivity index (χ4v) is 5.33. The van der Waals surface area contributed by atoms with E-state index >= 15 is 0 Å². The Labute approximate surface area is 223 Å². The third-order valence-corrected chi connectivity index (χ3v) is 7.15. The highest BCUT2D eigenvalue weighted by Crippen LogP contribution is 2.43. The maximum absolute atomic E-state index is 13.6. The van der Waals surface area contributed by atoms with E-state index in [4.69, 9.17) is 18.9 Å². The van der Waals surface area contributed by atoms with Crippen molar-refractivity contribution in [2.24, 2.45) is 0 Å². The Morgan fingerprint density at radius 3 is 2.26 bits per heavy atom. The second-order valence-corrected chi connectivity index (χ2v) is 9.26. The van der Waals surface area contributed by atoms with E-state index in [1.54, 1.807) is 20.3 Å². The second-order valence-electron chi connectivity index (χ2n) is 9.26. The predicted molar refractivity (Wildman–Crippen MR) is 138 cm³/mol. The maximum Gasteiger partial charge on any atom is 0.416 e. The van der Waals surface area contributed by atoms with Gasteiger partial charge in [0.25, 0.3) is 0 Å². The first-order valence-electron chi connectivity index (χ1n) is 12.5. The van der Waals surface area contributed by atoms with Gasteiger partial charge in [-0.25, -0.2) is 4.39 Å². The SMILES string of the molecule is CCc1c2[n+](cc3c(OCc4ccc(F)cc4C(F)(F)F)c(OC)ccc13)CCc1cc(OC)c(OC)cc1-2. The number of ether oxygens (including phenoxy) is 4. The zero-order valence-corrected chi connectivity index (χ0v) is 22.0. The van der Waals surface area contributed by atoms with Crippen LogP contribution in [0.3, 0.4) is 0 Å². The van der Waals surface area contributed by atoms with Crippen molar-refractivity contribution in [3.8, 4) is 34.3 Å². The molecule has 0 atom stereocenters. The average molecular weight is 543 g/mol. The van der Waals surface area contributed by atoms with Crippen molar-refractivity contribution in [1.29, 1.82) is 0 Å². The minimum atomic E-state index is -4.72. The van der Waals surface area contributed by atoms with Gasteiger partial charge in [0.1, 0.15) is 12.4 Å². The molecule has 0 spiro atoms. The zero-order valence-electron chi connectivity index (χ0n) is 22.0. The van der Waals surface area contributed by atoms with E-state index in [2.05, 4.69) is 11.5 Å². The van der Waals surface area contributed by atoms with Gasteiger partial charge in [0, 0.05) is 22.9 Å². The van der Waals surface area contributed by atoms with Crippen LogP contribution in [0.2, 0.25) is 0 Å². The normalized spacial score (nSPS) is 12.6. The minimum absolute atomic E-state index is 0.167. The number of halogens is 4. The molecule has 2 heterocycles. The number of methoxy groups -OCH3 is 3. The zero-order chi connectivity index (χ0) is 27.9. The van der Waals surface area contributed by atoms with E-state index in [1.165, 1.54) is 7.11 Å². The van der Waals surface area contributed by atoms with Crippen molar-refractivity contribution in [2.45, 2.75) is 39.1 Å². The molecule has 0 aliphatic carbocycles. The third-order valence-electron chi connectivity index (χ3n) is 7.15. The molecule has 3 aromatic carbocycles. The Hall–Kier alpha value is -4.01. The van der Waals surface area contributed by atoms with Crippen LogP contribution < -0.4 is 23.5 Å². The Morgan fingerprint density at radius 1 is 0.872 bits per heavy atom. The maximum atomic E-state index is 13.6. The number of rotatable bonds is 7. The van der Waals surface area contributed by atoms with Crippen molar-refractivity contribution < 1.29 is 41.1 Å². The van der Waals surface area contributed by atoms with Gasteiger partial charge in [0.2, 0.25) is 5.69 Å². The lowest BCUT2D eigenvalue weighted by molar-refractivity contribution is -0.686. The molecule has 0 saturated heterocycles. The van der Waals surface area contributed by atoms with Gasteiger partial charge in [0.05, 0.1) is 37.8 Å². The van der Waals surface area contributed by atoms with Crippen LogP contribution in [0.4, 0.5) is 17.6 Å². The Bertz CT molecular complexity index is 1570. The number of hydrogen-bond donors (Lipinski definition) is 0. The number of benzene rings is 3. The quantitative estimate of drug-likeness (QED) is 0.193. The first-order valence-corrected chi connectivity index (χ1v) is 12.5. The Kier molecular flexibility index (Phi) is 7.01. The van der Waals surface area contributed by atoms with Crippen LogP contribution in [0.25, 0.3) is 22.0 Å². The second kappa shape index (κ2) is 10.3. The lowest BCUT2D eigenvalue weighted by atomic mass is 9.90. The highest BCUT2D eigenvalue weighted by atomic mass is 19.4. The van der Waals surface area contributed by atoms with Crippen LogP contribution in [-0.4, -0.2) is 21.3 Å². The molecule has 9 heteroatoms. The summed E-state index contributed by atoms with van der Waals surface area (Å²) in [6, 6.07) is 10.3. The molecule has 0 amide bonds. The molecule has 0 saturated carbocycles. The molecule has 0 fully saturated rings. The van der Waals surface area contributed by atoms with Gasteiger partial charge in [-0.05, 0) is 48.4 Å². The topological polar surface area (TPSA) is 40.8 Å².